The van der Waals surface area contributed by atoms with E-state index in [1.54, 1.807) is 19.1 Å². The van der Waals surface area contributed by atoms with Gasteiger partial charge in [0, 0.05) is 11.9 Å². The zero-order valence-corrected chi connectivity index (χ0v) is 9.82. The fourth-order valence-corrected chi connectivity index (χ4v) is 2.39. The van der Waals surface area contributed by atoms with E-state index in [1.807, 2.05) is 0 Å². The number of pyridine rings is 1. The number of H-pyrrole nitrogens is 1. The minimum atomic E-state index is -3.71. The van der Waals surface area contributed by atoms with Gasteiger partial charge in [-0.3, -0.25) is 14.8 Å². The fourth-order valence-electron chi connectivity index (χ4n) is 1.32. The molecule has 0 atom stereocenters. The van der Waals surface area contributed by atoms with E-state index < -0.39 is 10.0 Å². The lowest BCUT2D eigenvalue weighted by Crippen LogP contribution is -2.14. The van der Waals surface area contributed by atoms with Crippen molar-refractivity contribution in [1.82, 2.24) is 15.2 Å². The highest BCUT2D eigenvalue weighted by Gasteiger charge is 2.19. The summed E-state index contributed by atoms with van der Waals surface area (Å²) in [5.41, 5.74) is 6.60. The number of sulfonamides is 1. The third kappa shape index (κ3) is 2.36. The molecule has 4 N–H and O–H groups in total. The highest BCUT2D eigenvalue weighted by atomic mass is 32.2. The lowest BCUT2D eigenvalue weighted by atomic mass is 10.3. The Balaban J connectivity index is 2.33. The molecule has 0 aliphatic rings. The molecule has 0 saturated carbocycles. The molecule has 7 nitrogen and oxygen atoms in total. The van der Waals surface area contributed by atoms with Crippen molar-refractivity contribution in [2.24, 2.45) is 0 Å². The van der Waals surface area contributed by atoms with Gasteiger partial charge in [0.2, 0.25) is 0 Å². The van der Waals surface area contributed by atoms with Crippen LogP contribution in [0.25, 0.3) is 0 Å². The Labute approximate surface area is 98.1 Å². The number of rotatable bonds is 3. The molecule has 0 radical (unpaired) electrons. The van der Waals surface area contributed by atoms with Gasteiger partial charge in [-0.1, -0.05) is 0 Å². The van der Waals surface area contributed by atoms with Crippen LogP contribution in [0.4, 0.5) is 11.5 Å². The number of aryl methyl sites for hydroxylation is 1. The second-order valence-electron chi connectivity index (χ2n) is 3.44. The van der Waals surface area contributed by atoms with Crippen molar-refractivity contribution in [2.45, 2.75) is 11.8 Å². The fraction of sp³-hybridized carbons (Fsp3) is 0.111. The summed E-state index contributed by atoms with van der Waals surface area (Å²) in [5, 5.41) is 5.93. The standard InChI is InChI=1S/C9H11N5O2S/c1-6-4-7(2-3-11-6)14-17(15,16)8-5-12-13-9(8)10/h2-5H,1H3,(H,11,14)(H3,10,12,13). The van der Waals surface area contributed by atoms with Crippen molar-refractivity contribution < 1.29 is 8.42 Å². The van der Waals surface area contributed by atoms with Gasteiger partial charge in [0.05, 0.1) is 11.9 Å². The van der Waals surface area contributed by atoms with Crippen molar-refractivity contribution in [3.8, 4) is 0 Å². The summed E-state index contributed by atoms with van der Waals surface area (Å²) in [6.07, 6.45) is 2.68. The highest BCUT2D eigenvalue weighted by Crippen LogP contribution is 2.18. The second kappa shape index (κ2) is 4.06. The Morgan fingerprint density at radius 1 is 1.47 bits per heavy atom. The SMILES string of the molecule is Cc1cc(NS(=O)(=O)c2cn[nH]c2N)ccn1. The normalized spacial score (nSPS) is 11.4. The minimum absolute atomic E-state index is 0.00304. The van der Waals surface area contributed by atoms with E-state index in [0.717, 1.165) is 6.20 Å². The number of aromatic amines is 1. The quantitative estimate of drug-likeness (QED) is 0.736. The van der Waals surface area contributed by atoms with Crippen LogP contribution < -0.4 is 10.5 Å². The van der Waals surface area contributed by atoms with Crippen molar-refractivity contribution in [1.29, 1.82) is 0 Å². The van der Waals surface area contributed by atoms with Gasteiger partial charge in [-0.2, -0.15) is 5.10 Å². The number of nitrogens with two attached hydrogens (primary N) is 1. The first-order valence-electron chi connectivity index (χ1n) is 4.73. The van der Waals surface area contributed by atoms with Gasteiger partial charge in [-0.25, -0.2) is 8.42 Å². The summed E-state index contributed by atoms with van der Waals surface area (Å²) in [6.45, 7) is 1.77. The Kier molecular flexibility index (Phi) is 2.72. The van der Waals surface area contributed by atoms with Crippen LogP contribution >= 0.6 is 0 Å². The van der Waals surface area contributed by atoms with E-state index in [9.17, 15) is 8.42 Å². The Bertz CT molecular complexity index is 634. The maximum Gasteiger partial charge on any atom is 0.267 e. The smallest absolute Gasteiger partial charge is 0.267 e. The monoisotopic (exact) mass is 253 g/mol. The number of nitrogens with zero attached hydrogens (tertiary/aromatic N) is 2. The van der Waals surface area contributed by atoms with Crippen LogP contribution in [0.5, 0.6) is 0 Å². The lowest BCUT2D eigenvalue weighted by molar-refractivity contribution is 0.601. The highest BCUT2D eigenvalue weighted by molar-refractivity contribution is 7.92. The molecule has 2 aromatic rings. The Morgan fingerprint density at radius 3 is 2.82 bits per heavy atom. The van der Waals surface area contributed by atoms with Crippen LogP contribution in [0, 0.1) is 6.92 Å². The molecule has 0 spiro atoms. The molecule has 17 heavy (non-hydrogen) atoms. The van der Waals surface area contributed by atoms with Crippen LogP contribution in [0.15, 0.2) is 29.4 Å². The van der Waals surface area contributed by atoms with Crippen molar-refractivity contribution in [3.63, 3.8) is 0 Å². The van der Waals surface area contributed by atoms with Gasteiger partial charge in [0.1, 0.15) is 10.7 Å². The number of hydrogen-bond donors (Lipinski definition) is 3. The van der Waals surface area contributed by atoms with Gasteiger partial charge in [0.25, 0.3) is 10.0 Å². The summed E-state index contributed by atoms with van der Waals surface area (Å²) >= 11 is 0. The number of nitrogen functional groups attached to an aromatic ring is 1. The van der Waals surface area contributed by atoms with Crippen LogP contribution in [0.2, 0.25) is 0 Å². The molecule has 8 heteroatoms. The third-order valence-electron chi connectivity index (χ3n) is 2.07. The molecule has 0 fully saturated rings. The zero-order valence-electron chi connectivity index (χ0n) is 9.01. The first-order chi connectivity index (χ1) is 7.99. The van der Waals surface area contributed by atoms with E-state index >= 15 is 0 Å². The van der Waals surface area contributed by atoms with E-state index in [1.165, 1.54) is 6.20 Å². The average Bonchev–Trinajstić information content (AvgIpc) is 2.64. The number of nitrogens with one attached hydrogen (secondary N) is 2. The predicted octanol–water partition coefficient (Wildman–Crippen LogP) is 0.496. The first kappa shape index (κ1) is 11.4. The molecule has 90 valence electrons. The van der Waals surface area contributed by atoms with Crippen LogP contribution in [0.1, 0.15) is 5.69 Å². The van der Waals surface area contributed by atoms with Crippen LogP contribution in [-0.4, -0.2) is 23.6 Å². The molecule has 0 unspecified atom stereocenters. The van der Waals surface area contributed by atoms with E-state index in [2.05, 4.69) is 19.9 Å². The molecule has 0 amide bonds. The van der Waals surface area contributed by atoms with Gasteiger partial charge in [-0.05, 0) is 19.1 Å². The summed E-state index contributed by atoms with van der Waals surface area (Å²) in [7, 11) is -3.71. The molecule has 0 aromatic carbocycles. The topological polar surface area (TPSA) is 114 Å². The maximum absolute atomic E-state index is 11.9. The largest absolute Gasteiger partial charge is 0.383 e. The summed E-state index contributed by atoms with van der Waals surface area (Å²) in [6, 6.07) is 3.18. The molecule has 0 aliphatic carbocycles. The first-order valence-corrected chi connectivity index (χ1v) is 6.22. The molecular formula is C9H11N5O2S. The Morgan fingerprint density at radius 2 is 2.24 bits per heavy atom. The molecule has 2 aromatic heterocycles. The van der Waals surface area contributed by atoms with Crippen molar-refractivity contribution >= 4 is 21.5 Å². The molecule has 0 aliphatic heterocycles. The van der Waals surface area contributed by atoms with Crippen molar-refractivity contribution in [3.05, 3.63) is 30.2 Å². The molecule has 0 bridgehead atoms. The Hall–Kier alpha value is -2.09. The maximum atomic E-state index is 11.9. The van der Waals surface area contributed by atoms with Crippen LogP contribution in [0.3, 0.4) is 0 Å². The van der Waals surface area contributed by atoms with Crippen LogP contribution in [-0.2, 0) is 10.0 Å². The van der Waals surface area contributed by atoms with E-state index in [0.29, 0.717) is 11.4 Å². The zero-order chi connectivity index (χ0) is 12.5. The summed E-state index contributed by atoms with van der Waals surface area (Å²) in [4.78, 5) is 3.90. The summed E-state index contributed by atoms with van der Waals surface area (Å²) in [5.74, 6) is 0.00304. The van der Waals surface area contributed by atoms with Gasteiger partial charge < -0.3 is 5.73 Å². The van der Waals surface area contributed by atoms with Gasteiger partial charge in [-0.15, -0.1) is 0 Å². The second-order valence-corrected chi connectivity index (χ2v) is 5.09. The third-order valence-corrected chi connectivity index (χ3v) is 3.48. The number of hydrogen-bond acceptors (Lipinski definition) is 5. The van der Waals surface area contributed by atoms with Gasteiger partial charge >= 0.3 is 0 Å². The lowest BCUT2D eigenvalue weighted by Gasteiger charge is -2.06. The average molecular weight is 253 g/mol. The van der Waals surface area contributed by atoms with Crippen molar-refractivity contribution in [2.75, 3.05) is 10.5 Å². The molecule has 2 heterocycles. The van der Waals surface area contributed by atoms with E-state index in [4.69, 9.17) is 5.73 Å². The molecule has 0 saturated heterocycles. The number of anilines is 2. The summed E-state index contributed by atoms with van der Waals surface area (Å²) < 4.78 is 26.2. The van der Waals surface area contributed by atoms with Gasteiger partial charge in [0.15, 0.2) is 0 Å². The molecule has 2 rings (SSSR count). The minimum Gasteiger partial charge on any atom is -0.383 e. The number of aromatic nitrogens is 3. The molecular weight excluding hydrogens is 242 g/mol. The predicted molar refractivity (Wildman–Crippen MR) is 62.8 cm³/mol. The van der Waals surface area contributed by atoms with E-state index in [-0.39, 0.29) is 10.7 Å².